The van der Waals surface area contributed by atoms with Crippen molar-refractivity contribution in [1.82, 2.24) is 20.6 Å². The Balaban J connectivity index is 0.00000353. The average molecular weight is 658 g/mol. The van der Waals surface area contributed by atoms with Gasteiger partial charge in [0, 0.05) is 64.5 Å². The number of carbonyl (C=O) groups excluding carboxylic acids is 2. The molecule has 0 aromatic carbocycles. The first-order valence-corrected chi connectivity index (χ1v) is 13.9. The van der Waals surface area contributed by atoms with Crippen LogP contribution >= 0.6 is 24.8 Å². The quantitative estimate of drug-likeness (QED) is 0.180. The monoisotopic (exact) mass is 656 g/mol. The highest BCUT2D eigenvalue weighted by Crippen LogP contribution is 2.31. The number of aliphatic carboxylic acids is 2. The van der Waals surface area contributed by atoms with Crippen molar-refractivity contribution in [1.29, 1.82) is 0 Å². The van der Waals surface area contributed by atoms with Crippen LogP contribution in [0.3, 0.4) is 0 Å². The van der Waals surface area contributed by atoms with Gasteiger partial charge in [0.2, 0.25) is 0 Å². The van der Waals surface area contributed by atoms with Crippen LogP contribution in [0.1, 0.15) is 71.7 Å². The molecule has 2 amide bonds. The average Bonchev–Trinajstić information content (AvgIpc) is 3.59. The van der Waals surface area contributed by atoms with Gasteiger partial charge in [-0.25, -0.2) is 0 Å². The highest BCUT2D eigenvalue weighted by Gasteiger charge is 2.25. The second-order valence-electron chi connectivity index (χ2n) is 10.7. The Kier molecular flexibility index (Phi) is 12.2. The molecule has 10 nitrogen and oxygen atoms in total. The third-order valence-corrected chi connectivity index (χ3v) is 8.11. The maximum absolute atomic E-state index is 12.3. The molecular weight excluding hydrogens is 619 g/mol. The van der Waals surface area contributed by atoms with Crippen molar-refractivity contribution < 1.29 is 29.4 Å². The first kappa shape index (κ1) is 36.7. The van der Waals surface area contributed by atoms with Crippen LogP contribution in [0, 0.1) is 13.8 Å². The van der Waals surface area contributed by atoms with Gasteiger partial charge in [-0.1, -0.05) is 25.3 Å². The van der Waals surface area contributed by atoms with E-state index in [1.807, 2.05) is 32.9 Å². The van der Waals surface area contributed by atoms with Gasteiger partial charge in [0.05, 0.1) is 5.70 Å². The minimum atomic E-state index is -0.922. The van der Waals surface area contributed by atoms with E-state index in [4.69, 9.17) is 0 Å². The van der Waals surface area contributed by atoms with Crippen molar-refractivity contribution >= 4 is 60.7 Å². The van der Waals surface area contributed by atoms with E-state index in [9.17, 15) is 29.4 Å². The Morgan fingerprint density at radius 3 is 1.56 bits per heavy atom. The normalized spacial score (nSPS) is 16.1. The lowest BCUT2D eigenvalue weighted by molar-refractivity contribution is -0.138. The van der Waals surface area contributed by atoms with Crippen molar-refractivity contribution in [2.45, 2.75) is 59.8 Å². The van der Waals surface area contributed by atoms with Crippen molar-refractivity contribution in [2.24, 2.45) is 0 Å². The Morgan fingerprint density at radius 2 is 1.13 bits per heavy atom. The highest BCUT2D eigenvalue weighted by molar-refractivity contribution is 6.03. The van der Waals surface area contributed by atoms with Gasteiger partial charge < -0.3 is 30.8 Å². The van der Waals surface area contributed by atoms with Crippen LogP contribution in [0.15, 0.2) is 59.0 Å². The second kappa shape index (κ2) is 15.0. The number of carbonyl (C=O) groups is 4. The fourth-order valence-corrected chi connectivity index (χ4v) is 5.61. The molecule has 0 radical (unpaired) electrons. The zero-order chi connectivity index (χ0) is 31.6. The summed E-state index contributed by atoms with van der Waals surface area (Å²) in [4.78, 5) is 54.5. The third-order valence-electron chi connectivity index (χ3n) is 8.11. The fourth-order valence-electron chi connectivity index (χ4n) is 5.61. The Bertz CT molecular complexity index is 1720. The van der Waals surface area contributed by atoms with Crippen molar-refractivity contribution in [2.75, 3.05) is 0 Å². The maximum Gasteiger partial charge on any atom is 0.303 e. The van der Waals surface area contributed by atoms with E-state index in [0.717, 1.165) is 50.6 Å². The minimum absolute atomic E-state index is 0. The number of aromatic amines is 2. The molecule has 2 aliphatic rings. The largest absolute Gasteiger partial charge is 0.481 e. The number of rotatable bonds is 12. The molecule has 0 saturated heterocycles. The lowest BCUT2D eigenvalue weighted by Crippen LogP contribution is -2.15. The maximum atomic E-state index is 12.3. The van der Waals surface area contributed by atoms with E-state index in [1.54, 1.807) is 13.0 Å². The molecule has 240 valence electrons. The predicted molar refractivity (Wildman–Crippen MR) is 178 cm³/mol. The summed E-state index contributed by atoms with van der Waals surface area (Å²) in [5.74, 6) is -2.28. The van der Waals surface area contributed by atoms with E-state index in [0.29, 0.717) is 34.5 Å². The topological polar surface area (TPSA) is 164 Å². The Morgan fingerprint density at radius 1 is 0.689 bits per heavy atom. The summed E-state index contributed by atoms with van der Waals surface area (Å²) in [5, 5.41) is 24.6. The van der Waals surface area contributed by atoms with E-state index in [1.165, 1.54) is 6.08 Å². The molecule has 0 fully saturated rings. The molecule has 12 heteroatoms. The summed E-state index contributed by atoms with van der Waals surface area (Å²) < 4.78 is 0. The van der Waals surface area contributed by atoms with Gasteiger partial charge >= 0.3 is 11.9 Å². The van der Waals surface area contributed by atoms with Crippen LogP contribution in [-0.2, 0) is 38.4 Å². The minimum Gasteiger partial charge on any atom is -0.481 e. The Hall–Kier alpha value is -4.54. The van der Waals surface area contributed by atoms with Gasteiger partial charge in [-0.15, -0.1) is 24.8 Å². The number of hydrogen-bond acceptors (Lipinski definition) is 4. The van der Waals surface area contributed by atoms with E-state index < -0.39 is 11.9 Å². The summed E-state index contributed by atoms with van der Waals surface area (Å²) in [6.45, 7) is 14.9. The second-order valence-corrected chi connectivity index (χ2v) is 10.7. The SMILES string of the molecule is C=CC1=C(C)C(=Cc2[nH]c(Cc3[nH]c(C=C4NC(=O)C(C)=C4C=C)c(C)c3CCC(=O)O)c(CCC(=O)O)c2C)NC1=O.Cl.Cl. The standard InChI is InChI=1S/C33H36N4O6.2ClH/c1-7-20-19(6)32(42)37-27(20)14-25-18(5)23(10-12-31(40)41)29(35-25)15-28-22(9-11-30(38)39)17(4)24(34-28)13-26-16(3)21(8-2)33(43)36-26;;/h7-8,13-14,34-35H,1-2,9-12,15H2,3-6H3,(H,36,43)(H,37,42)(H,38,39)(H,40,41);2*1H. The zero-order valence-corrected chi connectivity index (χ0v) is 27.2. The summed E-state index contributed by atoms with van der Waals surface area (Å²) in [6, 6.07) is 0. The number of halogens is 2. The van der Waals surface area contributed by atoms with Crippen LogP contribution in [0.5, 0.6) is 0 Å². The van der Waals surface area contributed by atoms with Gasteiger partial charge in [0.1, 0.15) is 0 Å². The van der Waals surface area contributed by atoms with E-state index in [-0.39, 0.29) is 62.3 Å². The smallest absolute Gasteiger partial charge is 0.303 e. The summed E-state index contributed by atoms with van der Waals surface area (Å²) in [5.41, 5.74) is 10.2. The molecule has 2 aromatic rings. The van der Waals surface area contributed by atoms with Gasteiger partial charge in [-0.2, -0.15) is 0 Å². The first-order chi connectivity index (χ1) is 20.4. The van der Waals surface area contributed by atoms with Gasteiger partial charge in [-0.3, -0.25) is 19.2 Å². The van der Waals surface area contributed by atoms with Gasteiger partial charge in [0.25, 0.3) is 11.8 Å². The Labute approximate surface area is 274 Å². The molecule has 4 rings (SSSR count). The summed E-state index contributed by atoms with van der Waals surface area (Å²) >= 11 is 0. The van der Waals surface area contributed by atoms with Crippen LogP contribution < -0.4 is 10.6 Å². The molecule has 6 N–H and O–H groups in total. The molecule has 0 aliphatic carbocycles. The molecular formula is C33H38Cl2N4O6. The molecule has 0 saturated carbocycles. The fraction of sp³-hybridized carbons (Fsp3) is 0.273. The third kappa shape index (κ3) is 7.58. The predicted octanol–water partition coefficient (Wildman–Crippen LogP) is 5.37. The molecule has 0 spiro atoms. The van der Waals surface area contributed by atoms with Crippen LogP contribution in [0.2, 0.25) is 0 Å². The van der Waals surface area contributed by atoms with E-state index in [2.05, 4.69) is 33.8 Å². The van der Waals surface area contributed by atoms with E-state index >= 15 is 0 Å². The summed E-state index contributed by atoms with van der Waals surface area (Å²) in [6.07, 6.45) is 7.58. The number of hydrogen-bond donors (Lipinski definition) is 6. The van der Waals surface area contributed by atoms with Gasteiger partial charge in [-0.05, 0) is 80.5 Å². The molecule has 2 aliphatic heterocycles. The van der Waals surface area contributed by atoms with Crippen LogP contribution in [0.25, 0.3) is 12.2 Å². The number of aromatic nitrogens is 2. The molecule has 0 unspecified atom stereocenters. The lowest BCUT2D eigenvalue weighted by Gasteiger charge is -2.07. The zero-order valence-electron chi connectivity index (χ0n) is 25.6. The summed E-state index contributed by atoms with van der Waals surface area (Å²) in [7, 11) is 0. The van der Waals surface area contributed by atoms with Crippen molar-refractivity contribution in [3.05, 3.63) is 104 Å². The van der Waals surface area contributed by atoms with Gasteiger partial charge in [0.15, 0.2) is 0 Å². The number of carboxylic acids is 2. The lowest BCUT2D eigenvalue weighted by atomic mass is 9.98. The van der Waals surface area contributed by atoms with Crippen molar-refractivity contribution in [3.63, 3.8) is 0 Å². The molecule has 0 bridgehead atoms. The number of allylic oxidation sites excluding steroid dienone is 2. The number of H-pyrrole nitrogens is 2. The van der Waals surface area contributed by atoms with Crippen molar-refractivity contribution in [3.8, 4) is 0 Å². The van der Waals surface area contributed by atoms with Crippen LogP contribution in [-0.4, -0.2) is 43.9 Å². The molecule has 45 heavy (non-hydrogen) atoms. The molecule has 0 atom stereocenters. The molecule has 2 aromatic heterocycles. The first-order valence-electron chi connectivity index (χ1n) is 13.9. The highest BCUT2D eigenvalue weighted by atomic mass is 35.5. The van der Waals surface area contributed by atoms with Crippen LogP contribution in [0.4, 0.5) is 0 Å². The molecule has 4 heterocycles. The number of carboxylic acid groups (broad SMARTS) is 2. The number of amides is 2. The number of nitrogens with one attached hydrogen (secondary N) is 4.